The Morgan fingerprint density at radius 3 is 0.985 bits per heavy atom. The lowest BCUT2D eigenvalue weighted by Crippen LogP contribution is -2.55. The van der Waals surface area contributed by atoms with Crippen molar-refractivity contribution in [2.75, 3.05) is 28.4 Å². The second-order valence-electron chi connectivity index (χ2n) is 16.9. The maximum Gasteiger partial charge on any atom is 0.235 e. The van der Waals surface area contributed by atoms with Crippen molar-refractivity contribution >= 4 is 33.4 Å². The van der Waals surface area contributed by atoms with Gasteiger partial charge < -0.3 is 39.8 Å². The molecule has 10 heteroatoms. The van der Waals surface area contributed by atoms with Gasteiger partial charge in [-0.1, -0.05) is 158 Å². The van der Waals surface area contributed by atoms with Crippen LogP contribution in [-0.2, 0) is 20.8 Å². The number of carbonyl (C=O) groups is 2. The van der Waals surface area contributed by atoms with E-state index in [2.05, 4.69) is 10.6 Å². The summed E-state index contributed by atoms with van der Waals surface area (Å²) in [5, 5.41) is 37.3. The predicted molar refractivity (Wildman–Crippen MR) is 261 cm³/mol. The number of carbonyl (C=O) groups excluding carboxylic acids is 2. The van der Waals surface area contributed by atoms with Crippen LogP contribution < -0.4 is 29.6 Å². The summed E-state index contributed by atoms with van der Waals surface area (Å²) in [7, 11) is 6.07. The molecular formula is C57H54N2O8. The molecule has 0 spiro atoms. The van der Waals surface area contributed by atoms with Gasteiger partial charge in [-0.25, -0.2) is 0 Å². The van der Waals surface area contributed by atoms with Gasteiger partial charge in [0, 0.05) is 22.3 Å². The van der Waals surface area contributed by atoms with Gasteiger partial charge in [-0.05, 0) is 70.8 Å². The van der Waals surface area contributed by atoms with Gasteiger partial charge in [-0.15, -0.1) is 0 Å². The summed E-state index contributed by atoms with van der Waals surface area (Å²) in [5.41, 5.74) is -3.52. The fourth-order valence-electron chi connectivity index (χ4n) is 9.30. The number of aliphatic hydroxyl groups is 2. The van der Waals surface area contributed by atoms with Gasteiger partial charge in [0.25, 0.3) is 0 Å². The first-order valence-electron chi connectivity index (χ1n) is 22.0. The van der Waals surface area contributed by atoms with Crippen LogP contribution in [0.1, 0.15) is 59.3 Å². The molecule has 10 nitrogen and oxygen atoms in total. The molecule has 0 aliphatic carbocycles. The highest BCUT2D eigenvalue weighted by atomic mass is 16.5. The Balaban J connectivity index is 1.32. The Morgan fingerprint density at radius 2 is 0.672 bits per heavy atom. The molecule has 0 fully saturated rings. The van der Waals surface area contributed by atoms with Crippen molar-refractivity contribution in [2.24, 2.45) is 5.41 Å². The van der Waals surface area contributed by atoms with Gasteiger partial charge >= 0.3 is 0 Å². The first-order chi connectivity index (χ1) is 32.4. The summed E-state index contributed by atoms with van der Waals surface area (Å²) in [5.74, 6) is -0.00828. The van der Waals surface area contributed by atoms with Crippen LogP contribution in [0.3, 0.4) is 0 Å². The van der Waals surface area contributed by atoms with Crippen molar-refractivity contribution in [1.29, 1.82) is 0 Å². The molecule has 8 aromatic rings. The van der Waals surface area contributed by atoms with E-state index >= 15 is 9.59 Å². The summed E-state index contributed by atoms with van der Waals surface area (Å²) < 4.78 is 23.6. The number of methoxy groups -OCH3 is 4. The number of ether oxygens (including phenoxy) is 4. The monoisotopic (exact) mass is 894 g/mol. The van der Waals surface area contributed by atoms with Gasteiger partial charge in [0.2, 0.25) is 11.8 Å². The quantitative estimate of drug-likeness (QED) is 0.0705. The Hall–Kier alpha value is -7.66. The van der Waals surface area contributed by atoms with Crippen LogP contribution in [0.2, 0.25) is 0 Å². The molecule has 0 heterocycles. The average Bonchev–Trinajstić information content (AvgIpc) is 3.38. The number of hydrogen-bond donors (Lipinski definition) is 4. The second-order valence-corrected chi connectivity index (χ2v) is 16.9. The van der Waals surface area contributed by atoms with Crippen LogP contribution in [0.25, 0.3) is 21.5 Å². The molecule has 8 aromatic carbocycles. The summed E-state index contributed by atoms with van der Waals surface area (Å²) in [6.07, 6.45) is 0. The molecule has 0 saturated carbocycles. The zero-order chi connectivity index (χ0) is 47.3. The van der Waals surface area contributed by atoms with E-state index in [0.717, 1.165) is 21.5 Å². The van der Waals surface area contributed by atoms with Crippen LogP contribution in [0.5, 0.6) is 23.0 Å². The van der Waals surface area contributed by atoms with Gasteiger partial charge in [0.15, 0.2) is 0 Å². The first kappa shape index (κ1) is 45.9. The molecular weight excluding hydrogens is 841 g/mol. The highest BCUT2D eigenvalue weighted by molar-refractivity contribution is 6.05. The van der Waals surface area contributed by atoms with E-state index in [1.165, 1.54) is 42.3 Å². The molecule has 67 heavy (non-hydrogen) atoms. The minimum atomic E-state index is -2.08. The third kappa shape index (κ3) is 8.19. The minimum absolute atomic E-state index is 0.345. The van der Waals surface area contributed by atoms with E-state index in [9.17, 15) is 10.2 Å². The standard InChI is InChI=1S/C57H54N2O8/c1-55(2,53(60)58-51(41-27-19-23-37-21-7-9-25-39(37)41)56(62,43-29-11-15-33-47(43)64-3)44-30-12-16-34-48(44)65-4)54(61)59-52(42-28-20-24-38-22-8-10-26-40(38)42)57(63,45-31-13-17-35-49(45)66-5)46-32-14-18-36-50(46)67-6/h7-36,51-52,62-63H,1-6H3,(H,58,60)(H,59,61)/t51-,52-/m0/s1. The molecule has 0 aromatic heterocycles. The van der Waals surface area contributed by atoms with E-state index in [0.29, 0.717) is 56.4 Å². The second kappa shape index (κ2) is 19.1. The fourth-order valence-corrected chi connectivity index (χ4v) is 9.30. The predicted octanol–water partition coefficient (Wildman–Crippen LogP) is 9.94. The van der Waals surface area contributed by atoms with E-state index in [-0.39, 0.29) is 0 Å². The molecule has 4 N–H and O–H groups in total. The number of hydrogen-bond acceptors (Lipinski definition) is 8. The molecule has 0 aliphatic heterocycles. The van der Waals surface area contributed by atoms with Crippen molar-refractivity contribution < 1.29 is 38.7 Å². The number of fused-ring (bicyclic) bond motifs is 2. The summed E-state index contributed by atoms with van der Waals surface area (Å²) in [4.78, 5) is 31.0. The van der Waals surface area contributed by atoms with Crippen molar-refractivity contribution in [3.8, 4) is 23.0 Å². The van der Waals surface area contributed by atoms with Crippen LogP contribution >= 0.6 is 0 Å². The van der Waals surface area contributed by atoms with Crippen molar-refractivity contribution in [1.82, 2.24) is 10.6 Å². The molecule has 2 atom stereocenters. The van der Waals surface area contributed by atoms with E-state index in [1.807, 2.05) is 84.9 Å². The summed E-state index contributed by atoms with van der Waals surface area (Å²) in [6, 6.07) is 52.5. The SMILES string of the molecule is COc1ccccc1C(O)(c1ccccc1OC)[C@@H](NC(=O)C(C)(C)C(=O)N[C@@H](c1cccc2ccccc12)C(O)(c1ccccc1OC)c1ccccc1OC)c1cccc2ccccc12. The molecule has 8 rings (SSSR count). The van der Waals surface area contributed by atoms with Crippen molar-refractivity contribution in [3.63, 3.8) is 0 Å². The molecule has 0 aliphatic rings. The van der Waals surface area contributed by atoms with Gasteiger partial charge in [0.05, 0.1) is 40.5 Å². The zero-order valence-electron chi connectivity index (χ0n) is 38.3. The molecule has 340 valence electrons. The summed E-state index contributed by atoms with van der Waals surface area (Å²) >= 11 is 0. The lowest BCUT2D eigenvalue weighted by Gasteiger charge is -2.42. The Labute approximate surface area is 390 Å². The van der Waals surface area contributed by atoms with E-state index in [1.54, 1.807) is 97.1 Å². The van der Waals surface area contributed by atoms with Crippen molar-refractivity contribution in [3.05, 3.63) is 215 Å². The lowest BCUT2D eigenvalue weighted by atomic mass is 9.74. The first-order valence-corrected chi connectivity index (χ1v) is 22.0. The highest BCUT2D eigenvalue weighted by Crippen LogP contribution is 2.51. The zero-order valence-corrected chi connectivity index (χ0v) is 38.3. The molecule has 0 bridgehead atoms. The van der Waals surface area contributed by atoms with E-state index < -0.39 is 40.5 Å². The Bertz CT molecular complexity index is 2760. The molecule has 0 radical (unpaired) electrons. The van der Waals surface area contributed by atoms with Gasteiger partial charge in [0.1, 0.15) is 39.6 Å². The maximum absolute atomic E-state index is 15.5. The molecule has 0 saturated heterocycles. The third-order valence-electron chi connectivity index (χ3n) is 12.9. The molecule has 2 amide bonds. The number of amides is 2. The third-order valence-corrected chi connectivity index (χ3v) is 12.9. The van der Waals surface area contributed by atoms with Gasteiger partial charge in [-0.3, -0.25) is 9.59 Å². The average molecular weight is 895 g/mol. The van der Waals surface area contributed by atoms with E-state index in [4.69, 9.17) is 18.9 Å². The minimum Gasteiger partial charge on any atom is -0.496 e. The summed E-state index contributed by atoms with van der Waals surface area (Å²) in [6.45, 7) is 3.04. The normalized spacial score (nSPS) is 12.8. The smallest absolute Gasteiger partial charge is 0.235 e. The Morgan fingerprint density at radius 1 is 0.403 bits per heavy atom. The molecule has 0 unspecified atom stereocenters. The number of rotatable bonds is 16. The number of para-hydroxylation sites is 4. The topological polar surface area (TPSA) is 136 Å². The van der Waals surface area contributed by atoms with Gasteiger partial charge in [-0.2, -0.15) is 0 Å². The van der Waals surface area contributed by atoms with Crippen LogP contribution in [-0.4, -0.2) is 50.5 Å². The lowest BCUT2D eigenvalue weighted by molar-refractivity contribution is -0.144. The van der Waals surface area contributed by atoms with Crippen LogP contribution in [0.15, 0.2) is 182 Å². The fraction of sp³-hybridized carbons (Fsp3) is 0.193. The van der Waals surface area contributed by atoms with Crippen LogP contribution in [0.4, 0.5) is 0 Å². The van der Waals surface area contributed by atoms with Crippen LogP contribution in [0, 0.1) is 5.41 Å². The number of nitrogens with one attached hydrogen (secondary N) is 2. The Kier molecular flexibility index (Phi) is 13.0. The van der Waals surface area contributed by atoms with Crippen molar-refractivity contribution in [2.45, 2.75) is 37.1 Å². The largest absolute Gasteiger partial charge is 0.496 e. The highest BCUT2D eigenvalue weighted by Gasteiger charge is 2.51. The number of benzene rings is 8. The maximum atomic E-state index is 15.5.